The van der Waals surface area contributed by atoms with E-state index < -0.39 is 29.1 Å². The molecule has 0 aliphatic heterocycles. The topological polar surface area (TPSA) is 88.9 Å². The van der Waals surface area contributed by atoms with Crippen molar-refractivity contribution in [3.63, 3.8) is 0 Å². The number of hydrogen-bond acceptors (Lipinski definition) is 4. The lowest BCUT2D eigenvalue weighted by atomic mass is 10.2. The molecule has 1 rings (SSSR count). The molecule has 1 aromatic heterocycles. The van der Waals surface area contributed by atoms with Gasteiger partial charge >= 0.3 is 12.0 Å². The van der Waals surface area contributed by atoms with Crippen LogP contribution in [0.1, 0.15) is 5.69 Å². The molecular formula is C6H4F3N3O3. The first-order valence-electron chi connectivity index (χ1n) is 3.59. The van der Waals surface area contributed by atoms with Crippen molar-refractivity contribution in [2.24, 2.45) is 0 Å². The predicted molar refractivity (Wildman–Crippen MR) is 40.0 cm³/mol. The van der Waals surface area contributed by atoms with Crippen LogP contribution in [-0.4, -0.2) is 27.1 Å². The minimum absolute atomic E-state index is 0.316. The number of halogens is 3. The highest BCUT2D eigenvalue weighted by atomic mass is 19.4. The fourth-order valence-corrected chi connectivity index (χ4v) is 0.800. The van der Waals surface area contributed by atoms with Gasteiger partial charge in [0.2, 0.25) is 5.78 Å². The summed E-state index contributed by atoms with van der Waals surface area (Å²) in [5.41, 5.74) is -0.316. The van der Waals surface area contributed by atoms with E-state index in [2.05, 4.69) is 5.10 Å². The van der Waals surface area contributed by atoms with Crippen LogP contribution < -0.4 is 0 Å². The molecule has 0 aliphatic carbocycles. The van der Waals surface area contributed by atoms with Crippen LogP contribution in [-0.2, 0) is 11.2 Å². The first-order chi connectivity index (χ1) is 6.80. The van der Waals surface area contributed by atoms with E-state index in [1.165, 1.54) is 0 Å². The molecule has 0 aliphatic rings. The van der Waals surface area contributed by atoms with E-state index in [4.69, 9.17) is 0 Å². The number of carbonyl (C=O) groups is 1. The molecule has 0 bridgehead atoms. The summed E-state index contributed by atoms with van der Waals surface area (Å²) >= 11 is 0. The molecule has 0 saturated carbocycles. The molecule has 0 fully saturated rings. The van der Waals surface area contributed by atoms with Crippen LogP contribution in [0.25, 0.3) is 0 Å². The Morgan fingerprint density at radius 1 is 1.60 bits per heavy atom. The van der Waals surface area contributed by atoms with E-state index in [1.807, 2.05) is 5.10 Å². The Kier molecular flexibility index (Phi) is 2.73. The minimum atomic E-state index is -4.95. The largest absolute Gasteiger partial charge is 0.450 e. The Bertz CT molecular complexity index is 398. The number of aromatic nitrogens is 2. The van der Waals surface area contributed by atoms with Crippen molar-refractivity contribution < 1.29 is 22.9 Å². The molecular weight excluding hydrogens is 219 g/mol. The molecule has 1 N–H and O–H groups in total. The number of ketones is 1. The van der Waals surface area contributed by atoms with Gasteiger partial charge in [-0.2, -0.15) is 13.2 Å². The molecule has 1 heterocycles. The number of Topliss-reactive ketones (excluding diaryl/α,β-unsaturated/α-hetero) is 1. The lowest BCUT2D eigenvalue weighted by molar-refractivity contribution is -0.389. The summed E-state index contributed by atoms with van der Waals surface area (Å²) < 4.78 is 35.3. The van der Waals surface area contributed by atoms with Gasteiger partial charge in [-0.1, -0.05) is 5.10 Å². The van der Waals surface area contributed by atoms with Gasteiger partial charge in [0.15, 0.2) is 0 Å². The molecule has 0 atom stereocenters. The summed E-state index contributed by atoms with van der Waals surface area (Å²) in [4.78, 5) is 19.7. The maximum Gasteiger partial charge on any atom is 0.450 e. The third-order valence-corrected chi connectivity index (χ3v) is 1.47. The third kappa shape index (κ3) is 2.76. The Morgan fingerprint density at radius 3 is 2.60 bits per heavy atom. The smallest absolute Gasteiger partial charge is 0.358 e. The lowest BCUT2D eigenvalue weighted by Crippen LogP contribution is -2.24. The molecule has 15 heavy (non-hydrogen) atoms. The summed E-state index contributed by atoms with van der Waals surface area (Å²) in [6, 6.07) is 0.781. The van der Waals surface area contributed by atoms with Crippen LogP contribution in [0.4, 0.5) is 19.0 Å². The SMILES string of the molecule is O=C(Cc1cc([N+](=O)[O-])[nH]n1)C(F)(F)F. The zero-order chi connectivity index (χ0) is 11.6. The van der Waals surface area contributed by atoms with Crippen LogP contribution in [0.2, 0.25) is 0 Å². The van der Waals surface area contributed by atoms with Crippen molar-refractivity contribution in [1.29, 1.82) is 0 Å². The maximum absolute atomic E-state index is 11.8. The second-order valence-electron chi connectivity index (χ2n) is 2.60. The molecule has 0 radical (unpaired) electrons. The van der Waals surface area contributed by atoms with E-state index in [0.717, 1.165) is 6.07 Å². The van der Waals surface area contributed by atoms with Crippen molar-refractivity contribution in [2.75, 3.05) is 0 Å². The summed E-state index contributed by atoms with van der Waals surface area (Å²) in [6.45, 7) is 0. The highest BCUT2D eigenvalue weighted by Crippen LogP contribution is 2.19. The molecule has 6 nitrogen and oxygen atoms in total. The van der Waals surface area contributed by atoms with Crippen molar-refractivity contribution >= 4 is 11.6 Å². The number of nitrogens with zero attached hydrogens (tertiary/aromatic N) is 2. The zero-order valence-electron chi connectivity index (χ0n) is 7.04. The molecule has 0 aromatic carbocycles. The van der Waals surface area contributed by atoms with Crippen LogP contribution >= 0.6 is 0 Å². The maximum atomic E-state index is 11.8. The summed E-state index contributed by atoms with van der Waals surface area (Å²) in [6.07, 6.45) is -5.96. The first-order valence-corrected chi connectivity index (χ1v) is 3.59. The third-order valence-electron chi connectivity index (χ3n) is 1.47. The van der Waals surface area contributed by atoms with Gasteiger partial charge in [0, 0.05) is 0 Å². The molecule has 0 unspecified atom stereocenters. The second kappa shape index (κ2) is 3.67. The van der Waals surface area contributed by atoms with Crippen molar-refractivity contribution in [2.45, 2.75) is 12.6 Å². The number of hydrogen-bond donors (Lipinski definition) is 1. The highest BCUT2D eigenvalue weighted by Gasteiger charge is 2.38. The Balaban J connectivity index is 2.74. The summed E-state index contributed by atoms with van der Waals surface area (Å²) in [5.74, 6) is -2.55. The van der Waals surface area contributed by atoms with Gasteiger partial charge in [0.25, 0.3) is 0 Å². The number of nitro groups is 1. The quantitative estimate of drug-likeness (QED) is 0.611. The van der Waals surface area contributed by atoms with E-state index in [0.29, 0.717) is 0 Å². The monoisotopic (exact) mass is 223 g/mol. The molecule has 1 aromatic rings. The first kappa shape index (κ1) is 11.1. The Labute approximate surface area is 80.2 Å². The van der Waals surface area contributed by atoms with E-state index >= 15 is 0 Å². The van der Waals surface area contributed by atoms with E-state index in [9.17, 15) is 28.1 Å². The Morgan fingerprint density at radius 2 is 2.20 bits per heavy atom. The van der Waals surface area contributed by atoms with Gasteiger partial charge in [-0.05, 0) is 4.92 Å². The van der Waals surface area contributed by atoms with E-state index in [1.54, 1.807) is 0 Å². The van der Waals surface area contributed by atoms with Crippen LogP contribution in [0.15, 0.2) is 6.07 Å². The number of aromatic amines is 1. The molecule has 0 amide bonds. The predicted octanol–water partition coefficient (Wildman–Crippen LogP) is 0.992. The average Bonchev–Trinajstić information content (AvgIpc) is 2.50. The van der Waals surface area contributed by atoms with Crippen molar-refractivity contribution in [3.8, 4) is 0 Å². The van der Waals surface area contributed by atoms with Crippen molar-refractivity contribution in [3.05, 3.63) is 21.9 Å². The van der Waals surface area contributed by atoms with Gasteiger partial charge in [0.05, 0.1) is 18.2 Å². The normalized spacial score (nSPS) is 11.4. The van der Waals surface area contributed by atoms with Gasteiger partial charge in [-0.15, -0.1) is 5.10 Å². The zero-order valence-corrected chi connectivity index (χ0v) is 7.04. The van der Waals surface area contributed by atoms with Crippen LogP contribution in [0.5, 0.6) is 0 Å². The number of carbonyl (C=O) groups excluding carboxylic acids is 1. The standard InChI is InChI=1S/C6H4F3N3O3/c7-6(8,9)4(13)1-3-2-5(11-10-3)12(14)15/h2H,1H2,(H,10,11). The van der Waals surface area contributed by atoms with Crippen LogP contribution in [0, 0.1) is 10.1 Å². The molecule has 0 spiro atoms. The molecule has 0 saturated heterocycles. The fourth-order valence-electron chi connectivity index (χ4n) is 0.800. The van der Waals surface area contributed by atoms with Crippen LogP contribution in [0.3, 0.4) is 0 Å². The van der Waals surface area contributed by atoms with Gasteiger partial charge in [-0.3, -0.25) is 4.79 Å². The average molecular weight is 223 g/mol. The van der Waals surface area contributed by atoms with Gasteiger partial charge < -0.3 is 10.1 Å². The minimum Gasteiger partial charge on any atom is -0.358 e. The summed E-state index contributed by atoms with van der Waals surface area (Å²) in [5, 5.41) is 15.2. The van der Waals surface area contributed by atoms with Gasteiger partial charge in [-0.25, -0.2) is 0 Å². The number of rotatable bonds is 3. The second-order valence-corrected chi connectivity index (χ2v) is 2.60. The van der Waals surface area contributed by atoms with Gasteiger partial charge in [0.1, 0.15) is 0 Å². The van der Waals surface area contributed by atoms with E-state index in [-0.39, 0.29) is 5.69 Å². The highest BCUT2D eigenvalue weighted by molar-refractivity contribution is 5.85. The number of alkyl halides is 3. The fraction of sp³-hybridized carbons (Fsp3) is 0.333. The number of nitrogens with one attached hydrogen (secondary N) is 1. The van der Waals surface area contributed by atoms with Crippen molar-refractivity contribution in [1.82, 2.24) is 10.2 Å². The Hall–Kier alpha value is -1.93. The molecule has 82 valence electrons. The number of H-pyrrole nitrogens is 1. The molecule has 9 heteroatoms. The lowest BCUT2D eigenvalue weighted by Gasteiger charge is -2.01. The summed E-state index contributed by atoms with van der Waals surface area (Å²) in [7, 11) is 0.